The van der Waals surface area contributed by atoms with Crippen LogP contribution in [0.1, 0.15) is 0 Å². The molecule has 0 unspecified atom stereocenters. The van der Waals surface area contributed by atoms with Gasteiger partial charge in [0.2, 0.25) is 0 Å². The van der Waals surface area contributed by atoms with Crippen molar-refractivity contribution < 1.29 is 89.1 Å². The van der Waals surface area contributed by atoms with E-state index in [4.69, 9.17) is 33.6 Å². The van der Waals surface area contributed by atoms with Gasteiger partial charge in [-0.25, -0.2) is 0 Å². The Bertz CT molecular complexity index is 55.1. The Hall–Kier alpha value is 1.56. The van der Waals surface area contributed by atoms with Crippen molar-refractivity contribution in [2.45, 2.75) is 0 Å². The summed E-state index contributed by atoms with van der Waals surface area (Å²) >= 11 is -11.2. The average molecular weight is 400 g/mol. The van der Waals surface area contributed by atoms with Crippen LogP contribution in [0.5, 0.6) is 0 Å². The summed E-state index contributed by atoms with van der Waals surface area (Å²) in [7, 11) is 0. The van der Waals surface area contributed by atoms with E-state index in [0.29, 0.717) is 0 Å². The maximum atomic E-state index is 8.58. The topological polar surface area (TPSA) is 184 Å². The van der Waals surface area contributed by atoms with Crippen molar-refractivity contribution in [3.8, 4) is 0 Å². The van der Waals surface area contributed by atoms with Gasteiger partial charge in [0.05, 0.1) is 28.2 Å². The summed E-state index contributed by atoms with van der Waals surface area (Å²) < 4.78 is 68.6. The first-order chi connectivity index (χ1) is 4.00. The van der Waals surface area contributed by atoms with Gasteiger partial charge in [-0.3, -0.25) is 33.6 Å². The molecule has 0 atom stereocenters. The largest absolute Gasteiger partial charge is 2.00 e. The summed E-state index contributed by atoms with van der Waals surface area (Å²) in [6.07, 6.45) is 0. The number of hydrogen-bond acceptors (Lipinski definition) is 8. The van der Waals surface area contributed by atoms with E-state index in [1.54, 1.807) is 0 Å². The summed E-state index contributed by atoms with van der Waals surface area (Å²) in [6.45, 7) is 0. The van der Waals surface area contributed by atoms with Crippen LogP contribution in [0.2, 0.25) is 0 Å². The zero-order valence-electron chi connectivity index (χ0n) is 4.73. The van der Waals surface area contributed by atoms with Crippen molar-refractivity contribution in [2.24, 2.45) is 0 Å². The minimum Gasteiger partial charge on any atom is -0.264 e. The van der Waals surface area contributed by atoms with Crippen molar-refractivity contribution in [3.05, 3.63) is 0 Å². The molecule has 0 aromatic heterocycles. The Morgan fingerprint density at radius 2 is 0.455 bits per heavy atom. The number of halogens is 2. The predicted octanol–water partition coefficient (Wildman–Crippen LogP) is -9.51. The molecule has 0 spiro atoms. The smallest absolute Gasteiger partial charge is 0.264 e. The fourth-order valence-corrected chi connectivity index (χ4v) is 0. The molecule has 0 saturated heterocycles. The second-order valence-corrected chi connectivity index (χ2v) is 3.93. The van der Waals surface area contributed by atoms with Gasteiger partial charge in [-0.2, -0.15) is 0 Å². The van der Waals surface area contributed by atoms with Crippen molar-refractivity contribution in [2.75, 3.05) is 0 Å². The van der Waals surface area contributed by atoms with E-state index in [2.05, 4.69) is 0 Å². The van der Waals surface area contributed by atoms with Crippen LogP contribution in [0, 0.1) is 28.2 Å². The van der Waals surface area contributed by atoms with Crippen LogP contribution in [-0.2, 0) is 27.3 Å². The molecule has 11 heteroatoms. The summed E-state index contributed by atoms with van der Waals surface area (Å²) in [5.41, 5.74) is 0. The first-order valence-corrected chi connectivity index (χ1v) is 6.41. The molecular formula is Br2CdO8. The molecule has 0 amide bonds. The third-order valence-electron chi connectivity index (χ3n) is 0. The summed E-state index contributed by atoms with van der Waals surface area (Å²) in [6, 6.07) is 0. The molecule has 0 aliphatic rings. The zero-order chi connectivity index (χ0) is 9.00. The molecule has 0 aliphatic heterocycles. The monoisotopic (exact) mass is 400 g/mol. The Kier molecular flexibility index (Phi) is 11.7. The molecule has 0 heterocycles. The second kappa shape index (κ2) is 7.01. The SMILES string of the molecule is [Cd+2].[O-][Br+3]([O-])([O-])[O-].[O-][Br+3]([O-])([O-])[O-]. The molecule has 0 radical (unpaired) electrons. The predicted molar refractivity (Wildman–Crippen MR) is 0 cm³/mol. The van der Waals surface area contributed by atoms with Crippen LogP contribution in [0.4, 0.5) is 0 Å². The average Bonchev–Trinajstić information content (AvgIpc) is 1.12. The van der Waals surface area contributed by atoms with Crippen molar-refractivity contribution in [1.82, 2.24) is 0 Å². The van der Waals surface area contributed by atoms with Gasteiger partial charge in [0.25, 0.3) is 0 Å². The fraction of sp³-hybridized carbons (Fsp3) is 0. The van der Waals surface area contributed by atoms with Crippen LogP contribution in [-0.4, -0.2) is 0 Å². The van der Waals surface area contributed by atoms with Gasteiger partial charge in [0.15, 0.2) is 0 Å². The van der Waals surface area contributed by atoms with Crippen LogP contribution >= 0.6 is 0 Å². The second-order valence-electron chi connectivity index (χ2n) is 0.756. The normalized spacial score (nSPS) is 10.9. The van der Waals surface area contributed by atoms with E-state index in [0.717, 1.165) is 0 Å². The first-order valence-electron chi connectivity index (χ1n) is 1.23. The molecule has 0 aromatic rings. The van der Waals surface area contributed by atoms with Crippen LogP contribution < -0.4 is 33.6 Å². The Balaban J connectivity index is -0.000000107. The summed E-state index contributed by atoms with van der Waals surface area (Å²) in [5, 5.41) is 0. The molecule has 0 aromatic carbocycles. The Labute approximate surface area is 88.5 Å². The molecule has 0 aliphatic carbocycles. The molecule has 0 rings (SSSR count). The minimum absolute atomic E-state index is 0. The third-order valence-corrected chi connectivity index (χ3v) is 0. The molecule has 0 bridgehead atoms. The van der Waals surface area contributed by atoms with Crippen LogP contribution in [0.15, 0.2) is 0 Å². The van der Waals surface area contributed by atoms with Gasteiger partial charge >= 0.3 is 27.3 Å². The molecule has 8 nitrogen and oxygen atoms in total. The maximum Gasteiger partial charge on any atom is 2.00 e. The van der Waals surface area contributed by atoms with E-state index < -0.39 is 28.2 Å². The molecule has 64 valence electrons. The van der Waals surface area contributed by atoms with Gasteiger partial charge in [-0.05, 0) is 0 Å². The Morgan fingerprint density at radius 1 is 0.455 bits per heavy atom. The van der Waals surface area contributed by atoms with E-state index in [-0.39, 0.29) is 27.3 Å². The Morgan fingerprint density at radius 3 is 0.455 bits per heavy atom. The van der Waals surface area contributed by atoms with Gasteiger partial charge in [0, 0.05) is 0 Å². The third kappa shape index (κ3) is 433. The molecular weight excluding hydrogens is 400 g/mol. The van der Waals surface area contributed by atoms with Gasteiger partial charge in [-0.15, -0.1) is 0 Å². The summed E-state index contributed by atoms with van der Waals surface area (Å²) in [4.78, 5) is 0. The molecule has 0 N–H and O–H groups in total. The number of hydrogen-bond donors (Lipinski definition) is 0. The fourth-order valence-electron chi connectivity index (χ4n) is 0. The molecule has 11 heavy (non-hydrogen) atoms. The van der Waals surface area contributed by atoms with E-state index >= 15 is 0 Å². The van der Waals surface area contributed by atoms with E-state index in [9.17, 15) is 0 Å². The summed E-state index contributed by atoms with van der Waals surface area (Å²) in [5.74, 6) is 0. The van der Waals surface area contributed by atoms with Gasteiger partial charge in [0.1, 0.15) is 0 Å². The van der Waals surface area contributed by atoms with Crippen molar-refractivity contribution in [3.63, 3.8) is 0 Å². The van der Waals surface area contributed by atoms with Crippen molar-refractivity contribution in [1.29, 1.82) is 0 Å². The van der Waals surface area contributed by atoms with Gasteiger partial charge < -0.3 is 0 Å². The van der Waals surface area contributed by atoms with Crippen molar-refractivity contribution >= 4 is 0 Å². The van der Waals surface area contributed by atoms with E-state index in [1.807, 2.05) is 0 Å². The molecule has 0 fully saturated rings. The first kappa shape index (κ1) is 18.4. The number of rotatable bonds is 0. The van der Waals surface area contributed by atoms with Crippen LogP contribution in [0.3, 0.4) is 0 Å². The van der Waals surface area contributed by atoms with Gasteiger partial charge in [-0.1, -0.05) is 0 Å². The zero-order valence-corrected chi connectivity index (χ0v) is 11.9. The quantitative estimate of drug-likeness (QED) is 0.359. The standard InChI is InChI=1S/2BrO4.Cd/c2*2-1(3,4)5;/q2*-1;+2. The maximum absolute atomic E-state index is 8.58. The van der Waals surface area contributed by atoms with E-state index in [1.165, 1.54) is 0 Å². The molecule has 0 saturated carbocycles. The minimum atomic E-state index is -5.62. The van der Waals surface area contributed by atoms with Crippen LogP contribution in [0.25, 0.3) is 0 Å².